The molecule has 0 atom stereocenters. The van der Waals surface area contributed by atoms with Crippen LogP contribution in [0.15, 0.2) is 0 Å². The van der Waals surface area contributed by atoms with Gasteiger partial charge in [0.05, 0.1) is 6.10 Å². The molecule has 0 aromatic rings. The van der Waals surface area contributed by atoms with Crippen molar-refractivity contribution >= 4 is 11.8 Å². The molecule has 0 bridgehead atoms. The van der Waals surface area contributed by atoms with Gasteiger partial charge >= 0.3 is 0 Å². The first-order chi connectivity index (χ1) is 8.34. The molecule has 0 amide bonds. The molecule has 1 N–H and O–H groups in total. The molecular formula is C15H28OS. The third-order valence-corrected chi connectivity index (χ3v) is 5.83. The molecule has 2 aliphatic rings. The number of hydrogen-bond acceptors (Lipinski definition) is 2. The van der Waals surface area contributed by atoms with Crippen LogP contribution in [-0.2, 0) is 0 Å². The van der Waals surface area contributed by atoms with E-state index < -0.39 is 0 Å². The Morgan fingerprint density at radius 3 is 2.29 bits per heavy atom. The van der Waals surface area contributed by atoms with Gasteiger partial charge in [0, 0.05) is 0 Å². The average molecular weight is 256 g/mol. The Labute approximate surface area is 111 Å². The highest BCUT2D eigenvalue weighted by molar-refractivity contribution is 7.99. The topological polar surface area (TPSA) is 20.2 Å². The highest BCUT2D eigenvalue weighted by Gasteiger charge is 2.19. The van der Waals surface area contributed by atoms with Crippen molar-refractivity contribution in [2.75, 3.05) is 11.5 Å². The zero-order chi connectivity index (χ0) is 11.9. The van der Waals surface area contributed by atoms with E-state index in [-0.39, 0.29) is 6.10 Å². The first kappa shape index (κ1) is 13.7. The van der Waals surface area contributed by atoms with Gasteiger partial charge in [-0.1, -0.05) is 25.7 Å². The van der Waals surface area contributed by atoms with Crippen molar-refractivity contribution in [3.63, 3.8) is 0 Å². The molecule has 0 unspecified atom stereocenters. The van der Waals surface area contributed by atoms with Gasteiger partial charge in [0.2, 0.25) is 0 Å². The Kier molecular flexibility index (Phi) is 6.21. The van der Waals surface area contributed by atoms with Crippen molar-refractivity contribution in [3.8, 4) is 0 Å². The van der Waals surface area contributed by atoms with Gasteiger partial charge in [0.1, 0.15) is 0 Å². The van der Waals surface area contributed by atoms with Crippen LogP contribution >= 0.6 is 11.8 Å². The van der Waals surface area contributed by atoms with Crippen LogP contribution in [0.1, 0.15) is 64.2 Å². The Morgan fingerprint density at radius 2 is 1.59 bits per heavy atom. The van der Waals surface area contributed by atoms with Gasteiger partial charge in [0.25, 0.3) is 0 Å². The van der Waals surface area contributed by atoms with Crippen molar-refractivity contribution in [2.24, 2.45) is 11.8 Å². The van der Waals surface area contributed by atoms with E-state index in [1.54, 1.807) is 0 Å². The minimum absolute atomic E-state index is 0.0126. The molecule has 2 aliphatic carbocycles. The number of aliphatic hydroxyl groups excluding tert-OH is 1. The summed E-state index contributed by atoms with van der Waals surface area (Å²) < 4.78 is 0. The lowest BCUT2D eigenvalue weighted by Gasteiger charge is -2.24. The normalized spacial score (nSPS) is 30.9. The predicted molar refractivity (Wildman–Crippen MR) is 76.5 cm³/mol. The molecule has 0 radical (unpaired) electrons. The van der Waals surface area contributed by atoms with E-state index in [2.05, 4.69) is 11.8 Å². The molecule has 2 fully saturated rings. The lowest BCUT2D eigenvalue weighted by molar-refractivity contribution is 0.113. The molecule has 0 aromatic carbocycles. The van der Waals surface area contributed by atoms with Crippen LogP contribution < -0.4 is 0 Å². The Morgan fingerprint density at radius 1 is 0.882 bits per heavy atom. The van der Waals surface area contributed by atoms with Crippen molar-refractivity contribution in [3.05, 3.63) is 0 Å². The smallest absolute Gasteiger partial charge is 0.0540 e. The fourth-order valence-corrected chi connectivity index (χ4v) is 4.54. The second-order valence-electron chi connectivity index (χ2n) is 6.04. The summed E-state index contributed by atoms with van der Waals surface area (Å²) in [4.78, 5) is 0. The van der Waals surface area contributed by atoms with Gasteiger partial charge < -0.3 is 5.11 Å². The molecule has 2 rings (SSSR count). The highest BCUT2D eigenvalue weighted by atomic mass is 32.2. The van der Waals surface area contributed by atoms with Gasteiger partial charge in [-0.3, -0.25) is 0 Å². The number of thioether (sulfide) groups is 1. The van der Waals surface area contributed by atoms with Crippen molar-refractivity contribution < 1.29 is 5.11 Å². The maximum Gasteiger partial charge on any atom is 0.0540 e. The lowest BCUT2D eigenvalue weighted by Crippen LogP contribution is -2.19. The maximum absolute atomic E-state index is 9.45. The summed E-state index contributed by atoms with van der Waals surface area (Å²) in [5.74, 6) is 4.68. The van der Waals surface area contributed by atoms with Crippen LogP contribution in [0.3, 0.4) is 0 Å². The van der Waals surface area contributed by atoms with E-state index in [4.69, 9.17) is 0 Å². The molecule has 0 aliphatic heterocycles. The molecule has 0 saturated heterocycles. The summed E-state index contributed by atoms with van der Waals surface area (Å²) in [5.41, 5.74) is 0. The number of hydrogen-bond donors (Lipinski definition) is 1. The molecule has 17 heavy (non-hydrogen) atoms. The second-order valence-corrected chi connectivity index (χ2v) is 7.19. The summed E-state index contributed by atoms with van der Waals surface area (Å²) in [7, 11) is 0. The van der Waals surface area contributed by atoms with Gasteiger partial charge in [0.15, 0.2) is 0 Å². The van der Waals surface area contributed by atoms with Crippen LogP contribution in [0.5, 0.6) is 0 Å². The molecule has 0 heterocycles. The molecule has 1 nitrogen and oxygen atoms in total. The average Bonchev–Trinajstić information content (AvgIpc) is 2.84. The van der Waals surface area contributed by atoms with Crippen molar-refractivity contribution in [1.82, 2.24) is 0 Å². The zero-order valence-electron chi connectivity index (χ0n) is 11.1. The van der Waals surface area contributed by atoms with Crippen molar-refractivity contribution in [2.45, 2.75) is 70.3 Å². The van der Waals surface area contributed by atoms with E-state index in [0.717, 1.165) is 24.7 Å². The second kappa shape index (κ2) is 7.68. The predicted octanol–water partition coefficient (Wildman–Crippen LogP) is 4.24. The van der Waals surface area contributed by atoms with E-state index in [1.807, 2.05) is 0 Å². The summed E-state index contributed by atoms with van der Waals surface area (Å²) in [6.07, 6.45) is 13.5. The summed E-state index contributed by atoms with van der Waals surface area (Å²) >= 11 is 2.16. The van der Waals surface area contributed by atoms with E-state index in [9.17, 15) is 5.11 Å². The van der Waals surface area contributed by atoms with Crippen LogP contribution in [0.4, 0.5) is 0 Å². The minimum Gasteiger partial charge on any atom is -0.393 e. The molecular weight excluding hydrogens is 228 g/mol. The molecule has 0 aromatic heterocycles. The van der Waals surface area contributed by atoms with E-state index >= 15 is 0 Å². The first-order valence-electron chi connectivity index (χ1n) is 7.60. The van der Waals surface area contributed by atoms with Gasteiger partial charge in [-0.2, -0.15) is 11.8 Å². The van der Waals surface area contributed by atoms with Crippen LogP contribution in [0.25, 0.3) is 0 Å². The van der Waals surface area contributed by atoms with Gasteiger partial charge in [-0.25, -0.2) is 0 Å². The van der Waals surface area contributed by atoms with E-state index in [0.29, 0.717) is 0 Å². The Balaban J connectivity index is 1.43. The third-order valence-electron chi connectivity index (χ3n) is 4.55. The molecule has 0 spiro atoms. The third kappa shape index (κ3) is 5.21. The molecule has 2 heteroatoms. The summed E-state index contributed by atoms with van der Waals surface area (Å²) in [6, 6.07) is 0. The van der Waals surface area contributed by atoms with Gasteiger partial charge in [-0.15, -0.1) is 0 Å². The Bertz CT molecular complexity index is 193. The zero-order valence-corrected chi connectivity index (χ0v) is 11.9. The van der Waals surface area contributed by atoms with Crippen LogP contribution in [0.2, 0.25) is 0 Å². The summed E-state index contributed by atoms with van der Waals surface area (Å²) in [5, 5.41) is 9.45. The van der Waals surface area contributed by atoms with E-state index in [1.165, 1.54) is 62.9 Å². The fraction of sp³-hybridized carbons (Fsp3) is 1.00. The molecule has 100 valence electrons. The van der Waals surface area contributed by atoms with Gasteiger partial charge in [-0.05, 0) is 61.9 Å². The fourth-order valence-electron chi connectivity index (χ4n) is 3.33. The number of aliphatic hydroxyl groups is 1. The SMILES string of the molecule is OC1CCC(CSCCCC2CCCC2)CC1. The highest BCUT2D eigenvalue weighted by Crippen LogP contribution is 2.30. The van der Waals surface area contributed by atoms with Crippen LogP contribution in [-0.4, -0.2) is 22.7 Å². The lowest BCUT2D eigenvalue weighted by atomic mass is 9.89. The maximum atomic E-state index is 9.45. The minimum atomic E-state index is 0.0126. The summed E-state index contributed by atoms with van der Waals surface area (Å²) in [6.45, 7) is 0. The molecule has 2 saturated carbocycles. The Hall–Kier alpha value is 0.310. The number of rotatable bonds is 6. The standard InChI is InChI=1S/C15H28OS/c16-15-9-7-14(8-10-15)12-17-11-3-6-13-4-1-2-5-13/h13-16H,1-12H2. The van der Waals surface area contributed by atoms with Crippen LogP contribution in [0, 0.1) is 11.8 Å². The monoisotopic (exact) mass is 256 g/mol. The quantitative estimate of drug-likeness (QED) is 0.717. The van der Waals surface area contributed by atoms with Crippen molar-refractivity contribution in [1.29, 1.82) is 0 Å². The first-order valence-corrected chi connectivity index (χ1v) is 8.76. The largest absolute Gasteiger partial charge is 0.393 e.